The molecule has 29 heavy (non-hydrogen) atoms. The Labute approximate surface area is 161 Å². The summed E-state index contributed by atoms with van der Waals surface area (Å²) in [7, 11) is 1.46. The minimum absolute atomic E-state index is 0.0215. The average Bonchev–Trinajstić information content (AvgIpc) is 3.36. The summed E-state index contributed by atoms with van der Waals surface area (Å²) in [4.78, 5) is 22.5. The van der Waals surface area contributed by atoms with Gasteiger partial charge in [-0.1, -0.05) is 0 Å². The van der Waals surface area contributed by atoms with Crippen molar-refractivity contribution < 1.29 is 31.9 Å². The number of fused-ring (bicyclic) bond motifs is 1. The van der Waals surface area contributed by atoms with Gasteiger partial charge in [0.1, 0.15) is 11.4 Å². The number of H-pyrrole nitrogens is 1. The van der Waals surface area contributed by atoms with Gasteiger partial charge >= 0.3 is 12.1 Å². The molecule has 0 radical (unpaired) electrons. The van der Waals surface area contributed by atoms with E-state index in [2.05, 4.69) is 19.7 Å². The largest absolute Gasteiger partial charge is 0.495 e. The summed E-state index contributed by atoms with van der Waals surface area (Å²) >= 11 is 0. The Hall–Kier alpha value is -3.82. The van der Waals surface area contributed by atoms with Crippen LogP contribution in [0.15, 0.2) is 53.3 Å². The molecule has 4 rings (SSSR count). The first-order valence-electron chi connectivity index (χ1n) is 8.22. The van der Waals surface area contributed by atoms with E-state index in [4.69, 9.17) is 9.15 Å². The third kappa shape index (κ3) is 3.64. The van der Waals surface area contributed by atoms with Gasteiger partial charge < -0.3 is 18.9 Å². The van der Waals surface area contributed by atoms with Gasteiger partial charge in [0, 0.05) is 18.0 Å². The third-order valence-corrected chi connectivity index (χ3v) is 4.00. The van der Waals surface area contributed by atoms with Gasteiger partial charge in [0.05, 0.1) is 13.3 Å². The summed E-state index contributed by atoms with van der Waals surface area (Å²) in [5, 5.41) is 0. The number of esters is 1. The molecule has 0 bridgehead atoms. The number of hydrogen-bond donors (Lipinski definition) is 1. The number of hydrogen-bond acceptors (Lipinski definition) is 6. The molecular weight excluding hydrogens is 391 g/mol. The van der Waals surface area contributed by atoms with Crippen molar-refractivity contribution in [1.29, 1.82) is 0 Å². The lowest BCUT2D eigenvalue weighted by molar-refractivity contribution is -0.189. The second-order valence-corrected chi connectivity index (χ2v) is 5.92. The lowest BCUT2D eigenvalue weighted by Crippen LogP contribution is -2.28. The summed E-state index contributed by atoms with van der Waals surface area (Å²) in [5.41, 5.74) is 1.56. The number of aromatic amines is 1. The van der Waals surface area contributed by atoms with Crippen LogP contribution < -0.4 is 9.47 Å². The maximum Gasteiger partial charge on any atom is 0.491 e. The molecule has 0 aliphatic rings. The zero-order valence-corrected chi connectivity index (χ0v) is 14.8. The molecule has 3 aromatic heterocycles. The summed E-state index contributed by atoms with van der Waals surface area (Å²) in [5.74, 6) is -2.16. The second-order valence-electron chi connectivity index (χ2n) is 5.92. The number of methoxy groups -OCH3 is 1. The number of carbonyl (C=O) groups excluding carboxylic acids is 1. The molecule has 7 nitrogen and oxygen atoms in total. The molecule has 0 saturated heterocycles. The fourth-order valence-electron chi connectivity index (χ4n) is 2.67. The van der Waals surface area contributed by atoms with Crippen LogP contribution in [0, 0.1) is 0 Å². The maximum atomic E-state index is 12.7. The topological polar surface area (TPSA) is 90.2 Å². The molecule has 0 saturated carbocycles. The van der Waals surface area contributed by atoms with E-state index in [1.54, 1.807) is 30.5 Å². The third-order valence-electron chi connectivity index (χ3n) is 4.00. The molecule has 0 atom stereocenters. The lowest BCUT2D eigenvalue weighted by atomic mass is 10.1. The van der Waals surface area contributed by atoms with Gasteiger partial charge in [-0.15, -0.1) is 0 Å². The molecular formula is C19H12F3N3O4. The van der Waals surface area contributed by atoms with Crippen LogP contribution in [0.3, 0.4) is 0 Å². The smallest absolute Gasteiger partial charge is 0.491 e. The van der Waals surface area contributed by atoms with E-state index in [0.717, 1.165) is 0 Å². The normalized spacial score (nSPS) is 11.6. The van der Waals surface area contributed by atoms with Crippen LogP contribution in [0.2, 0.25) is 0 Å². The molecule has 1 aromatic carbocycles. The van der Waals surface area contributed by atoms with Crippen molar-refractivity contribution in [3.63, 3.8) is 0 Å². The highest BCUT2D eigenvalue weighted by Crippen LogP contribution is 2.36. The van der Waals surface area contributed by atoms with Gasteiger partial charge in [-0.3, -0.25) is 4.98 Å². The highest BCUT2D eigenvalue weighted by molar-refractivity contribution is 5.90. The zero-order valence-electron chi connectivity index (χ0n) is 14.8. The van der Waals surface area contributed by atoms with Crippen molar-refractivity contribution in [2.75, 3.05) is 7.11 Å². The number of alkyl halides is 3. The van der Waals surface area contributed by atoms with Crippen LogP contribution in [0.4, 0.5) is 13.2 Å². The first kappa shape index (κ1) is 18.5. The van der Waals surface area contributed by atoms with E-state index in [-0.39, 0.29) is 22.7 Å². The van der Waals surface area contributed by atoms with E-state index < -0.39 is 12.1 Å². The van der Waals surface area contributed by atoms with Gasteiger partial charge in [0.25, 0.3) is 0 Å². The number of oxazole rings is 1. The standard InChI is InChI=1S/C19H12F3N3O4/c1-27-12-5-11(8-23-9-12)10-6-14-16(15(7-10)29-18(26)19(20,21)22)25-17(28-14)13-3-2-4-24-13/h2-9,24H,1H3. The Bertz CT molecular complexity index is 1180. The van der Waals surface area contributed by atoms with Crippen LogP contribution in [0.1, 0.15) is 0 Å². The van der Waals surface area contributed by atoms with E-state index in [1.165, 1.54) is 25.6 Å². The molecule has 0 unspecified atom stereocenters. The Morgan fingerprint density at radius 1 is 1.17 bits per heavy atom. The summed E-state index contributed by atoms with van der Waals surface area (Å²) in [6.07, 6.45) is -0.556. The lowest BCUT2D eigenvalue weighted by Gasteiger charge is -2.09. The van der Waals surface area contributed by atoms with Crippen molar-refractivity contribution >= 4 is 17.1 Å². The van der Waals surface area contributed by atoms with E-state index in [1.807, 2.05) is 0 Å². The fourth-order valence-corrected chi connectivity index (χ4v) is 2.67. The maximum absolute atomic E-state index is 12.7. The van der Waals surface area contributed by atoms with Crippen molar-refractivity contribution in [2.45, 2.75) is 6.18 Å². The van der Waals surface area contributed by atoms with Crippen LogP contribution in [-0.2, 0) is 4.79 Å². The molecule has 4 aromatic rings. The molecule has 0 spiro atoms. The predicted molar refractivity (Wildman–Crippen MR) is 95.3 cm³/mol. The Kier molecular flexibility index (Phi) is 4.45. The van der Waals surface area contributed by atoms with Crippen molar-refractivity contribution in [2.24, 2.45) is 0 Å². The molecule has 10 heteroatoms. The molecule has 0 aliphatic carbocycles. The number of halogens is 3. The van der Waals surface area contributed by atoms with Crippen LogP contribution >= 0.6 is 0 Å². The number of pyridine rings is 1. The second kappa shape index (κ2) is 6.97. The highest BCUT2D eigenvalue weighted by atomic mass is 19.4. The first-order valence-corrected chi connectivity index (χ1v) is 8.22. The zero-order chi connectivity index (χ0) is 20.6. The van der Waals surface area contributed by atoms with Crippen molar-refractivity contribution in [3.05, 3.63) is 48.9 Å². The number of nitrogens with zero attached hydrogens (tertiary/aromatic N) is 2. The van der Waals surface area contributed by atoms with Crippen molar-refractivity contribution in [1.82, 2.24) is 15.0 Å². The van der Waals surface area contributed by atoms with E-state index in [9.17, 15) is 18.0 Å². The van der Waals surface area contributed by atoms with E-state index >= 15 is 0 Å². The van der Waals surface area contributed by atoms with Gasteiger partial charge in [-0.2, -0.15) is 13.2 Å². The Balaban J connectivity index is 1.88. The number of carbonyl (C=O) groups is 1. The number of aromatic nitrogens is 3. The average molecular weight is 403 g/mol. The molecule has 0 amide bonds. The summed E-state index contributed by atoms with van der Waals surface area (Å²) in [6, 6.07) is 7.85. The molecule has 0 aliphatic heterocycles. The Morgan fingerprint density at radius 2 is 2.00 bits per heavy atom. The molecule has 1 N–H and O–H groups in total. The predicted octanol–water partition coefficient (Wildman–Crippen LogP) is 4.36. The Morgan fingerprint density at radius 3 is 2.69 bits per heavy atom. The van der Waals surface area contributed by atoms with Crippen LogP contribution in [0.5, 0.6) is 11.5 Å². The fraction of sp³-hybridized carbons (Fsp3) is 0.105. The molecule has 3 heterocycles. The summed E-state index contributed by atoms with van der Waals surface area (Å²) in [6.45, 7) is 0. The summed E-state index contributed by atoms with van der Waals surface area (Å²) < 4.78 is 53.6. The number of ether oxygens (including phenoxy) is 2. The number of nitrogens with one attached hydrogen (secondary N) is 1. The molecule has 148 valence electrons. The number of rotatable bonds is 4. The van der Waals surface area contributed by atoms with Gasteiger partial charge in [0.2, 0.25) is 5.89 Å². The van der Waals surface area contributed by atoms with Crippen molar-refractivity contribution in [3.8, 4) is 34.2 Å². The van der Waals surface area contributed by atoms with Gasteiger partial charge in [-0.25, -0.2) is 9.78 Å². The van der Waals surface area contributed by atoms with Crippen LogP contribution in [0.25, 0.3) is 33.8 Å². The first-order chi connectivity index (χ1) is 13.8. The molecule has 0 fully saturated rings. The number of benzene rings is 1. The SMILES string of the molecule is COc1cncc(-c2cc(OC(=O)C(F)(F)F)c3nc(-c4ccc[nH]4)oc3c2)c1. The van der Waals surface area contributed by atoms with Gasteiger partial charge in [-0.05, 0) is 35.9 Å². The highest BCUT2D eigenvalue weighted by Gasteiger charge is 2.42. The van der Waals surface area contributed by atoms with Crippen LogP contribution in [-0.4, -0.2) is 34.2 Å². The van der Waals surface area contributed by atoms with Gasteiger partial charge in [0.15, 0.2) is 16.8 Å². The minimum atomic E-state index is -5.16. The van der Waals surface area contributed by atoms with E-state index in [0.29, 0.717) is 22.6 Å². The quantitative estimate of drug-likeness (QED) is 0.402. The monoisotopic (exact) mass is 403 g/mol. The minimum Gasteiger partial charge on any atom is -0.495 e.